The number of rotatable bonds is 5. The SMILES string of the molecule is CC(CCC(=O)O)CC1CNCCO1. The second-order valence-corrected chi connectivity index (χ2v) is 3.97. The highest BCUT2D eigenvalue weighted by Crippen LogP contribution is 2.15. The van der Waals surface area contributed by atoms with E-state index in [1.54, 1.807) is 0 Å². The molecule has 4 nitrogen and oxygen atoms in total. The molecule has 82 valence electrons. The molecule has 0 bridgehead atoms. The Kier molecular flexibility index (Phi) is 4.90. The Labute approximate surface area is 84.6 Å². The summed E-state index contributed by atoms with van der Waals surface area (Å²) in [6.45, 7) is 4.69. The summed E-state index contributed by atoms with van der Waals surface area (Å²) >= 11 is 0. The largest absolute Gasteiger partial charge is 0.481 e. The molecule has 1 aliphatic heterocycles. The van der Waals surface area contributed by atoms with Gasteiger partial charge >= 0.3 is 5.97 Å². The summed E-state index contributed by atoms with van der Waals surface area (Å²) in [6.07, 6.45) is 2.24. The maximum atomic E-state index is 10.4. The van der Waals surface area contributed by atoms with Crippen molar-refractivity contribution in [1.82, 2.24) is 5.32 Å². The van der Waals surface area contributed by atoms with Crippen LogP contribution < -0.4 is 5.32 Å². The highest BCUT2D eigenvalue weighted by molar-refractivity contribution is 5.66. The fraction of sp³-hybridized carbons (Fsp3) is 0.900. The van der Waals surface area contributed by atoms with E-state index >= 15 is 0 Å². The normalized spacial score (nSPS) is 24.5. The van der Waals surface area contributed by atoms with E-state index in [4.69, 9.17) is 9.84 Å². The first-order valence-electron chi connectivity index (χ1n) is 5.22. The van der Waals surface area contributed by atoms with Crippen LogP contribution in [0.3, 0.4) is 0 Å². The lowest BCUT2D eigenvalue weighted by Gasteiger charge is -2.25. The number of nitrogens with one attached hydrogen (secondary N) is 1. The molecule has 1 fully saturated rings. The number of hydrogen-bond acceptors (Lipinski definition) is 3. The third kappa shape index (κ3) is 4.58. The van der Waals surface area contributed by atoms with E-state index in [0.717, 1.165) is 32.5 Å². The summed E-state index contributed by atoms with van der Waals surface area (Å²) in [5.41, 5.74) is 0. The monoisotopic (exact) mass is 201 g/mol. The lowest BCUT2D eigenvalue weighted by atomic mass is 9.98. The zero-order valence-electron chi connectivity index (χ0n) is 8.66. The molecular weight excluding hydrogens is 182 g/mol. The zero-order valence-corrected chi connectivity index (χ0v) is 8.66. The molecular formula is C10H19NO3. The Hall–Kier alpha value is -0.610. The van der Waals surface area contributed by atoms with Gasteiger partial charge in [0.2, 0.25) is 0 Å². The Morgan fingerprint density at radius 2 is 2.50 bits per heavy atom. The van der Waals surface area contributed by atoms with Gasteiger partial charge in [-0.15, -0.1) is 0 Å². The number of carboxylic acids is 1. The predicted molar refractivity (Wildman–Crippen MR) is 53.3 cm³/mol. The Morgan fingerprint density at radius 3 is 3.07 bits per heavy atom. The fourth-order valence-electron chi connectivity index (χ4n) is 1.71. The molecule has 1 saturated heterocycles. The van der Waals surface area contributed by atoms with E-state index in [1.807, 2.05) is 0 Å². The highest BCUT2D eigenvalue weighted by Gasteiger charge is 2.16. The summed E-state index contributed by atoms with van der Waals surface area (Å²) in [7, 11) is 0. The van der Waals surface area contributed by atoms with Crippen molar-refractivity contribution < 1.29 is 14.6 Å². The quantitative estimate of drug-likeness (QED) is 0.693. The van der Waals surface area contributed by atoms with Crippen molar-refractivity contribution >= 4 is 5.97 Å². The van der Waals surface area contributed by atoms with Crippen LogP contribution in [0.25, 0.3) is 0 Å². The van der Waals surface area contributed by atoms with Crippen LogP contribution in [0.15, 0.2) is 0 Å². The first kappa shape index (κ1) is 11.5. The summed E-state index contributed by atoms with van der Waals surface area (Å²) < 4.78 is 5.55. The van der Waals surface area contributed by atoms with Gasteiger partial charge in [-0.2, -0.15) is 0 Å². The van der Waals surface area contributed by atoms with Gasteiger partial charge in [0.15, 0.2) is 0 Å². The minimum atomic E-state index is -0.709. The van der Waals surface area contributed by atoms with Crippen LogP contribution in [-0.2, 0) is 9.53 Å². The van der Waals surface area contributed by atoms with Gasteiger partial charge in [0.05, 0.1) is 12.7 Å². The van der Waals surface area contributed by atoms with Crippen molar-refractivity contribution in [3.63, 3.8) is 0 Å². The first-order valence-corrected chi connectivity index (χ1v) is 5.22. The smallest absolute Gasteiger partial charge is 0.303 e. The van der Waals surface area contributed by atoms with Gasteiger partial charge in [0.1, 0.15) is 0 Å². The van der Waals surface area contributed by atoms with Crippen LogP contribution in [0.5, 0.6) is 0 Å². The van der Waals surface area contributed by atoms with E-state index in [-0.39, 0.29) is 12.5 Å². The number of carbonyl (C=O) groups is 1. The van der Waals surface area contributed by atoms with Gasteiger partial charge in [-0.1, -0.05) is 6.92 Å². The number of morpholine rings is 1. The van der Waals surface area contributed by atoms with Gasteiger partial charge in [-0.05, 0) is 18.8 Å². The van der Waals surface area contributed by atoms with Crippen molar-refractivity contribution in [3.8, 4) is 0 Å². The fourth-order valence-corrected chi connectivity index (χ4v) is 1.71. The molecule has 4 heteroatoms. The third-order valence-electron chi connectivity index (χ3n) is 2.52. The van der Waals surface area contributed by atoms with Crippen LogP contribution >= 0.6 is 0 Å². The maximum absolute atomic E-state index is 10.4. The number of hydrogen-bond donors (Lipinski definition) is 2. The lowest BCUT2D eigenvalue weighted by Crippen LogP contribution is -2.39. The second-order valence-electron chi connectivity index (χ2n) is 3.97. The van der Waals surface area contributed by atoms with Gasteiger partial charge in [0, 0.05) is 19.5 Å². The zero-order chi connectivity index (χ0) is 10.4. The summed E-state index contributed by atoms with van der Waals surface area (Å²) in [6, 6.07) is 0. The van der Waals surface area contributed by atoms with Gasteiger partial charge < -0.3 is 15.2 Å². The van der Waals surface area contributed by atoms with Crippen molar-refractivity contribution in [2.45, 2.75) is 32.3 Å². The molecule has 1 rings (SSSR count). The lowest BCUT2D eigenvalue weighted by molar-refractivity contribution is -0.137. The minimum absolute atomic E-state index is 0.265. The van der Waals surface area contributed by atoms with Crippen molar-refractivity contribution in [2.24, 2.45) is 5.92 Å². The van der Waals surface area contributed by atoms with E-state index in [9.17, 15) is 4.79 Å². The van der Waals surface area contributed by atoms with Gasteiger partial charge in [-0.3, -0.25) is 4.79 Å². The second kappa shape index (κ2) is 5.98. The summed E-state index contributed by atoms with van der Waals surface area (Å²) in [5.74, 6) is -0.282. The van der Waals surface area contributed by atoms with E-state index < -0.39 is 5.97 Å². The Morgan fingerprint density at radius 1 is 1.71 bits per heavy atom. The number of ether oxygens (including phenoxy) is 1. The van der Waals surface area contributed by atoms with E-state index in [1.165, 1.54) is 0 Å². The van der Waals surface area contributed by atoms with Crippen LogP contribution in [0.4, 0.5) is 0 Å². The topological polar surface area (TPSA) is 58.6 Å². The molecule has 0 aromatic heterocycles. The molecule has 0 radical (unpaired) electrons. The van der Waals surface area contributed by atoms with Crippen LogP contribution in [0.1, 0.15) is 26.2 Å². The molecule has 1 heterocycles. The van der Waals surface area contributed by atoms with Crippen LogP contribution in [0.2, 0.25) is 0 Å². The van der Waals surface area contributed by atoms with E-state index in [0.29, 0.717) is 5.92 Å². The predicted octanol–water partition coefficient (Wildman–Crippen LogP) is 0.866. The Bertz CT molecular complexity index is 178. The average molecular weight is 201 g/mol. The number of aliphatic carboxylic acids is 1. The maximum Gasteiger partial charge on any atom is 0.303 e. The van der Waals surface area contributed by atoms with Gasteiger partial charge in [-0.25, -0.2) is 0 Å². The highest BCUT2D eigenvalue weighted by atomic mass is 16.5. The molecule has 0 aromatic carbocycles. The number of carboxylic acid groups (broad SMARTS) is 1. The third-order valence-corrected chi connectivity index (χ3v) is 2.52. The standard InChI is InChI=1S/C10H19NO3/c1-8(2-3-10(12)13)6-9-7-11-4-5-14-9/h8-9,11H,2-7H2,1H3,(H,12,13). The van der Waals surface area contributed by atoms with Crippen molar-refractivity contribution in [2.75, 3.05) is 19.7 Å². The van der Waals surface area contributed by atoms with Gasteiger partial charge in [0.25, 0.3) is 0 Å². The average Bonchev–Trinajstić information content (AvgIpc) is 2.16. The molecule has 0 aromatic rings. The molecule has 0 aliphatic carbocycles. The molecule has 0 amide bonds. The van der Waals surface area contributed by atoms with Crippen LogP contribution in [0, 0.1) is 5.92 Å². The molecule has 0 saturated carbocycles. The molecule has 2 unspecified atom stereocenters. The Balaban J connectivity index is 2.11. The summed E-state index contributed by atoms with van der Waals surface area (Å²) in [5, 5.41) is 11.8. The molecule has 2 N–H and O–H groups in total. The molecule has 1 aliphatic rings. The first-order chi connectivity index (χ1) is 6.68. The summed E-state index contributed by atoms with van der Waals surface area (Å²) in [4.78, 5) is 10.4. The minimum Gasteiger partial charge on any atom is -0.481 e. The molecule has 0 spiro atoms. The van der Waals surface area contributed by atoms with E-state index in [2.05, 4.69) is 12.2 Å². The van der Waals surface area contributed by atoms with Crippen molar-refractivity contribution in [1.29, 1.82) is 0 Å². The van der Waals surface area contributed by atoms with Crippen LogP contribution in [-0.4, -0.2) is 36.9 Å². The van der Waals surface area contributed by atoms with Crippen molar-refractivity contribution in [3.05, 3.63) is 0 Å². The molecule has 2 atom stereocenters. The molecule has 14 heavy (non-hydrogen) atoms.